The van der Waals surface area contributed by atoms with E-state index >= 15 is 0 Å². The van der Waals surface area contributed by atoms with E-state index in [4.69, 9.17) is 0 Å². The monoisotopic (exact) mass is 652 g/mol. The van der Waals surface area contributed by atoms with Gasteiger partial charge in [0.05, 0.1) is 0 Å². The molecular weight excluding hydrogens is 619 g/mol. The molecular formula is C38H36Cl2Zr. The molecule has 0 atom stereocenters. The average molecular weight is 655 g/mol. The van der Waals surface area contributed by atoms with Crippen molar-refractivity contribution in [2.45, 2.75) is 37.5 Å². The number of rotatable bonds is 8. The Kier molecular flexibility index (Phi) is 10.3. The van der Waals surface area contributed by atoms with Crippen molar-refractivity contribution in [3.63, 3.8) is 0 Å². The minimum atomic E-state index is -1.05. The predicted molar refractivity (Wildman–Crippen MR) is 175 cm³/mol. The first-order valence-electron chi connectivity index (χ1n) is 13.9. The molecule has 206 valence electrons. The van der Waals surface area contributed by atoms with Crippen LogP contribution >= 0.6 is 24.8 Å². The second-order valence-corrected chi connectivity index (χ2v) is 14.4. The van der Waals surface area contributed by atoms with Crippen molar-refractivity contribution in [1.29, 1.82) is 0 Å². The molecule has 0 saturated carbocycles. The fourth-order valence-corrected chi connectivity index (χ4v) is 10.7. The number of benzene rings is 4. The topological polar surface area (TPSA) is 0 Å². The largest absolute Gasteiger partial charge is 0.147 e. The standard InChI is InChI=1S/2C19H17.2ClH.Zr/c2*1-19(18-14-8-9-15-18,16-10-4-2-5-11-16)17-12-6-3-7-13-17;;;/h2*2-8,10-14H,9H2,1H3;2*1H;. The van der Waals surface area contributed by atoms with E-state index in [0.717, 1.165) is 12.8 Å². The summed E-state index contributed by atoms with van der Waals surface area (Å²) >= 11 is -1.05. The van der Waals surface area contributed by atoms with Gasteiger partial charge in [0.1, 0.15) is 0 Å². The van der Waals surface area contributed by atoms with Gasteiger partial charge in [-0.15, -0.1) is 24.8 Å². The van der Waals surface area contributed by atoms with Crippen LogP contribution in [-0.4, -0.2) is 0 Å². The molecule has 0 aromatic heterocycles. The van der Waals surface area contributed by atoms with Crippen molar-refractivity contribution < 1.29 is 23.2 Å². The number of hydrogen-bond donors (Lipinski definition) is 0. The Morgan fingerprint density at radius 2 is 0.707 bits per heavy atom. The number of allylic oxidation sites excluding steroid dienone is 8. The molecule has 2 aliphatic rings. The van der Waals surface area contributed by atoms with E-state index in [1.807, 2.05) is 0 Å². The molecule has 0 bridgehead atoms. The van der Waals surface area contributed by atoms with Crippen LogP contribution in [-0.2, 0) is 34.1 Å². The summed E-state index contributed by atoms with van der Waals surface area (Å²) in [5.74, 6) is 0. The summed E-state index contributed by atoms with van der Waals surface area (Å²) in [4.78, 5) is 0. The average Bonchev–Trinajstić information content (AvgIpc) is 3.69. The first-order chi connectivity index (χ1) is 19.1. The molecule has 0 spiro atoms. The van der Waals surface area contributed by atoms with Gasteiger partial charge < -0.3 is 0 Å². The zero-order valence-electron chi connectivity index (χ0n) is 23.6. The van der Waals surface area contributed by atoms with Gasteiger partial charge in [0.25, 0.3) is 0 Å². The minimum Gasteiger partial charge on any atom is -0.147 e. The van der Waals surface area contributed by atoms with Crippen LogP contribution in [0.2, 0.25) is 0 Å². The maximum atomic E-state index is 2.44. The van der Waals surface area contributed by atoms with E-state index in [1.165, 1.54) is 33.4 Å². The van der Waals surface area contributed by atoms with Gasteiger partial charge in [-0.2, -0.15) is 0 Å². The Labute approximate surface area is 269 Å². The van der Waals surface area contributed by atoms with Gasteiger partial charge in [0.2, 0.25) is 0 Å². The Morgan fingerprint density at radius 1 is 0.439 bits per heavy atom. The van der Waals surface area contributed by atoms with Gasteiger partial charge in [-0.1, -0.05) is 0 Å². The molecule has 0 heterocycles. The molecule has 0 fully saturated rings. The van der Waals surface area contributed by atoms with Crippen LogP contribution in [0.5, 0.6) is 0 Å². The van der Waals surface area contributed by atoms with Crippen molar-refractivity contribution in [2.75, 3.05) is 0 Å². The zero-order valence-corrected chi connectivity index (χ0v) is 27.7. The Balaban J connectivity index is 0.00000194. The third-order valence-electron chi connectivity index (χ3n) is 8.65. The third kappa shape index (κ3) is 5.83. The summed E-state index contributed by atoms with van der Waals surface area (Å²) < 4.78 is 3.40. The molecule has 3 heteroatoms. The van der Waals surface area contributed by atoms with Crippen molar-refractivity contribution in [3.05, 3.63) is 186 Å². The molecule has 0 amide bonds. The van der Waals surface area contributed by atoms with Crippen LogP contribution in [0.15, 0.2) is 163 Å². The van der Waals surface area contributed by atoms with Crippen LogP contribution in [0, 0.1) is 0 Å². The van der Waals surface area contributed by atoms with E-state index in [-0.39, 0.29) is 35.6 Å². The first-order valence-corrected chi connectivity index (χ1v) is 16.4. The minimum absolute atomic E-state index is 0. The zero-order chi connectivity index (χ0) is 26.7. The molecule has 0 aliphatic heterocycles. The number of hydrogen-bond acceptors (Lipinski definition) is 0. The van der Waals surface area contributed by atoms with Crippen LogP contribution in [0.4, 0.5) is 0 Å². The predicted octanol–water partition coefficient (Wildman–Crippen LogP) is 10.4. The molecule has 0 radical (unpaired) electrons. The van der Waals surface area contributed by atoms with Gasteiger partial charge >= 0.3 is 246 Å². The molecule has 2 aliphatic carbocycles. The first kappa shape index (κ1) is 31.2. The fourth-order valence-electron chi connectivity index (χ4n) is 6.41. The van der Waals surface area contributed by atoms with Gasteiger partial charge in [-0.25, -0.2) is 0 Å². The Morgan fingerprint density at radius 3 is 0.976 bits per heavy atom. The summed E-state index contributed by atoms with van der Waals surface area (Å²) in [6, 6.07) is 44.4. The summed E-state index contributed by atoms with van der Waals surface area (Å²) in [6.45, 7) is 4.87. The molecule has 41 heavy (non-hydrogen) atoms. The van der Waals surface area contributed by atoms with E-state index in [0.29, 0.717) is 0 Å². The SMILES string of the molecule is CC(C1=[C]([Zr][C]2=C(C(C)(c3ccccc3)c3ccccc3)C=CC2)CC=C1)(c1ccccc1)c1ccccc1.Cl.Cl. The van der Waals surface area contributed by atoms with E-state index in [9.17, 15) is 0 Å². The molecule has 6 rings (SSSR count). The molecule has 4 aromatic rings. The maximum Gasteiger partial charge on any atom is -0.147 e. The van der Waals surface area contributed by atoms with Crippen LogP contribution < -0.4 is 0 Å². The molecule has 0 saturated heterocycles. The second-order valence-electron chi connectivity index (χ2n) is 10.8. The molecule has 0 N–H and O–H groups in total. The summed E-state index contributed by atoms with van der Waals surface area (Å²) in [6.07, 6.45) is 11.9. The quantitative estimate of drug-likeness (QED) is 0.177. The smallest absolute Gasteiger partial charge is 0.147 e. The van der Waals surface area contributed by atoms with Crippen molar-refractivity contribution in [2.24, 2.45) is 0 Å². The molecule has 0 nitrogen and oxygen atoms in total. The van der Waals surface area contributed by atoms with Crippen LogP contribution in [0.25, 0.3) is 0 Å². The maximum absolute atomic E-state index is 2.44. The fraction of sp³-hybridized carbons (Fsp3) is 0.158. The third-order valence-corrected chi connectivity index (χ3v) is 12.5. The van der Waals surface area contributed by atoms with E-state index < -0.39 is 23.2 Å². The van der Waals surface area contributed by atoms with E-state index in [2.05, 4.69) is 159 Å². The molecule has 0 unspecified atom stereocenters. The van der Waals surface area contributed by atoms with Crippen molar-refractivity contribution in [3.8, 4) is 0 Å². The summed E-state index contributed by atoms with van der Waals surface area (Å²) in [5.41, 5.74) is 8.18. The summed E-state index contributed by atoms with van der Waals surface area (Å²) in [7, 11) is 0. The Bertz CT molecular complexity index is 1370. The number of halogens is 2. The van der Waals surface area contributed by atoms with Crippen LogP contribution in [0.3, 0.4) is 0 Å². The van der Waals surface area contributed by atoms with Crippen molar-refractivity contribution >= 4 is 24.8 Å². The van der Waals surface area contributed by atoms with Gasteiger partial charge in [0.15, 0.2) is 0 Å². The molecule has 4 aromatic carbocycles. The van der Waals surface area contributed by atoms with Gasteiger partial charge in [0, 0.05) is 0 Å². The van der Waals surface area contributed by atoms with Crippen LogP contribution in [0.1, 0.15) is 48.9 Å². The normalized spacial score (nSPS) is 14.6. The Hall–Kier alpha value is -2.70. The van der Waals surface area contributed by atoms with Gasteiger partial charge in [-0.05, 0) is 0 Å². The van der Waals surface area contributed by atoms with E-state index in [1.54, 1.807) is 6.56 Å². The summed E-state index contributed by atoms with van der Waals surface area (Å²) in [5, 5.41) is 0. The van der Waals surface area contributed by atoms with Gasteiger partial charge in [-0.3, -0.25) is 0 Å². The second kappa shape index (κ2) is 13.5. The van der Waals surface area contributed by atoms with Crippen molar-refractivity contribution in [1.82, 2.24) is 0 Å².